The number of nitrogens with zero attached hydrogens (tertiary/aromatic N) is 2. The second-order valence-electron chi connectivity index (χ2n) is 6.93. The molecule has 1 saturated heterocycles. The molecule has 0 aromatic heterocycles. The van der Waals surface area contributed by atoms with Crippen LogP contribution in [0.1, 0.15) is 30.4 Å². The van der Waals surface area contributed by atoms with Gasteiger partial charge in [-0.25, -0.2) is 0 Å². The SMILES string of the molecule is Cc1ccc(CNC(=O)CN2CCCC(N(C)CC(=O)O)CC2)cc1.Cl. The molecule has 0 saturated carbocycles. The fourth-order valence-electron chi connectivity index (χ4n) is 3.25. The van der Waals surface area contributed by atoms with Crippen LogP contribution in [0.25, 0.3) is 0 Å². The van der Waals surface area contributed by atoms with Crippen LogP contribution in [-0.2, 0) is 16.1 Å². The van der Waals surface area contributed by atoms with Gasteiger partial charge in [0.1, 0.15) is 0 Å². The standard InChI is InChI=1S/C19H29N3O3.ClH/c1-15-5-7-16(8-6-15)12-20-18(23)13-22-10-3-4-17(9-11-22)21(2)14-19(24)25;/h5-8,17H,3-4,9-14H2,1-2H3,(H,20,23)(H,24,25);1H. The van der Waals surface area contributed by atoms with Gasteiger partial charge >= 0.3 is 5.97 Å². The molecular weight excluding hydrogens is 354 g/mol. The fraction of sp³-hybridized carbons (Fsp3) is 0.579. The third-order valence-electron chi connectivity index (χ3n) is 4.78. The molecule has 2 N–H and O–H groups in total. The highest BCUT2D eigenvalue weighted by Gasteiger charge is 2.22. The van der Waals surface area contributed by atoms with Crippen LogP contribution in [0.5, 0.6) is 0 Å². The molecule has 2 rings (SSSR count). The smallest absolute Gasteiger partial charge is 0.317 e. The summed E-state index contributed by atoms with van der Waals surface area (Å²) in [5.74, 6) is -0.753. The maximum Gasteiger partial charge on any atom is 0.317 e. The highest BCUT2D eigenvalue weighted by molar-refractivity contribution is 5.85. The van der Waals surface area contributed by atoms with Gasteiger partial charge in [-0.2, -0.15) is 0 Å². The first-order chi connectivity index (χ1) is 11.9. The van der Waals surface area contributed by atoms with Gasteiger partial charge in [0.05, 0.1) is 13.1 Å². The van der Waals surface area contributed by atoms with Crippen molar-refractivity contribution in [3.8, 4) is 0 Å². The lowest BCUT2D eigenvalue weighted by Gasteiger charge is -2.25. The van der Waals surface area contributed by atoms with Crippen LogP contribution in [0, 0.1) is 6.92 Å². The number of likely N-dealkylation sites (tertiary alicyclic amines) is 1. The van der Waals surface area contributed by atoms with E-state index in [1.54, 1.807) is 0 Å². The largest absolute Gasteiger partial charge is 0.480 e. The van der Waals surface area contributed by atoms with Gasteiger partial charge < -0.3 is 10.4 Å². The number of benzene rings is 1. The number of carboxylic acids is 1. The maximum atomic E-state index is 12.2. The number of carboxylic acid groups (broad SMARTS) is 1. The molecule has 7 heteroatoms. The predicted molar refractivity (Wildman–Crippen MR) is 105 cm³/mol. The van der Waals surface area contributed by atoms with Crippen LogP contribution in [0.3, 0.4) is 0 Å². The number of rotatable bonds is 7. The first-order valence-electron chi connectivity index (χ1n) is 8.90. The first kappa shape index (κ1) is 22.4. The lowest BCUT2D eigenvalue weighted by Crippen LogP contribution is -2.39. The Labute approximate surface area is 162 Å². The van der Waals surface area contributed by atoms with Crippen LogP contribution < -0.4 is 5.32 Å². The molecule has 1 aromatic carbocycles. The summed E-state index contributed by atoms with van der Waals surface area (Å²) in [7, 11) is 1.86. The Kier molecular flexibility index (Phi) is 9.62. The Morgan fingerprint density at radius 3 is 2.58 bits per heavy atom. The zero-order valence-electron chi connectivity index (χ0n) is 15.6. The Bertz CT molecular complexity index is 580. The maximum absolute atomic E-state index is 12.2. The van der Waals surface area contributed by atoms with Crippen molar-refractivity contribution in [1.29, 1.82) is 0 Å². The Balaban J connectivity index is 0.00000338. The van der Waals surface area contributed by atoms with Crippen LogP contribution >= 0.6 is 12.4 Å². The molecule has 26 heavy (non-hydrogen) atoms. The number of likely N-dealkylation sites (N-methyl/N-ethyl adjacent to an activating group) is 1. The molecule has 6 nitrogen and oxygen atoms in total. The minimum absolute atomic E-state index is 0. The molecule has 1 fully saturated rings. The molecule has 1 heterocycles. The van der Waals surface area contributed by atoms with Gasteiger partial charge in [-0.05, 0) is 45.3 Å². The first-order valence-corrected chi connectivity index (χ1v) is 8.90. The van der Waals surface area contributed by atoms with Gasteiger partial charge in [0.25, 0.3) is 0 Å². The van der Waals surface area contributed by atoms with Crippen molar-refractivity contribution in [2.75, 3.05) is 33.2 Å². The summed E-state index contributed by atoms with van der Waals surface area (Å²) in [5.41, 5.74) is 2.31. The lowest BCUT2D eigenvalue weighted by molar-refractivity contribution is -0.138. The van der Waals surface area contributed by atoms with Crippen LogP contribution in [0.15, 0.2) is 24.3 Å². The van der Waals surface area contributed by atoms with Crippen molar-refractivity contribution in [3.63, 3.8) is 0 Å². The van der Waals surface area contributed by atoms with Crippen LogP contribution in [-0.4, -0.2) is 66.1 Å². The number of amides is 1. The summed E-state index contributed by atoms with van der Waals surface area (Å²) >= 11 is 0. The van der Waals surface area contributed by atoms with Crippen molar-refractivity contribution < 1.29 is 14.7 Å². The van der Waals surface area contributed by atoms with E-state index in [9.17, 15) is 9.59 Å². The third-order valence-corrected chi connectivity index (χ3v) is 4.78. The van der Waals surface area contributed by atoms with Crippen molar-refractivity contribution in [1.82, 2.24) is 15.1 Å². The normalized spacial score (nSPS) is 18.0. The zero-order valence-corrected chi connectivity index (χ0v) is 16.4. The average molecular weight is 384 g/mol. The quantitative estimate of drug-likeness (QED) is 0.752. The van der Waals surface area contributed by atoms with Crippen molar-refractivity contribution >= 4 is 24.3 Å². The van der Waals surface area contributed by atoms with Gasteiger partial charge in [0, 0.05) is 19.1 Å². The number of carbonyl (C=O) groups excluding carboxylic acids is 1. The number of hydrogen-bond donors (Lipinski definition) is 2. The number of hydrogen-bond acceptors (Lipinski definition) is 4. The second-order valence-corrected chi connectivity index (χ2v) is 6.93. The number of halogens is 1. The van der Waals surface area contributed by atoms with Gasteiger partial charge in [-0.1, -0.05) is 29.8 Å². The molecule has 1 atom stereocenters. The predicted octanol–water partition coefficient (Wildman–Crippen LogP) is 1.90. The van der Waals surface area contributed by atoms with E-state index < -0.39 is 5.97 Å². The van der Waals surface area contributed by atoms with E-state index in [4.69, 9.17) is 5.11 Å². The summed E-state index contributed by atoms with van der Waals surface area (Å²) in [6.07, 6.45) is 2.86. The molecule has 0 radical (unpaired) electrons. The third kappa shape index (κ3) is 7.72. The van der Waals surface area contributed by atoms with E-state index in [1.807, 2.05) is 43.1 Å². The minimum atomic E-state index is -0.793. The van der Waals surface area contributed by atoms with Gasteiger partial charge in [-0.3, -0.25) is 19.4 Å². The Hall–Kier alpha value is -1.63. The fourth-order valence-corrected chi connectivity index (χ4v) is 3.25. The zero-order chi connectivity index (χ0) is 18.2. The number of aryl methyl sites for hydroxylation is 1. The van der Waals surface area contributed by atoms with Gasteiger partial charge in [-0.15, -0.1) is 12.4 Å². The lowest BCUT2D eigenvalue weighted by atomic mass is 10.1. The van der Waals surface area contributed by atoms with E-state index in [2.05, 4.69) is 10.2 Å². The van der Waals surface area contributed by atoms with Gasteiger partial charge in [0.15, 0.2) is 0 Å². The van der Waals surface area contributed by atoms with Crippen LogP contribution in [0.4, 0.5) is 0 Å². The van der Waals surface area contributed by atoms with E-state index in [0.717, 1.165) is 37.9 Å². The molecule has 0 bridgehead atoms. The monoisotopic (exact) mass is 383 g/mol. The molecule has 1 amide bonds. The number of nitrogens with one attached hydrogen (secondary N) is 1. The molecule has 0 spiro atoms. The van der Waals surface area contributed by atoms with Crippen molar-refractivity contribution in [3.05, 3.63) is 35.4 Å². The molecule has 146 valence electrons. The number of aliphatic carboxylic acids is 1. The molecule has 1 unspecified atom stereocenters. The molecule has 1 aliphatic rings. The summed E-state index contributed by atoms with van der Waals surface area (Å²) in [6.45, 7) is 4.78. The molecule has 1 aromatic rings. The second kappa shape index (κ2) is 11.2. The Morgan fingerprint density at radius 2 is 1.92 bits per heavy atom. The topological polar surface area (TPSA) is 72.9 Å². The summed E-state index contributed by atoms with van der Waals surface area (Å²) in [6, 6.07) is 8.43. The summed E-state index contributed by atoms with van der Waals surface area (Å²) in [4.78, 5) is 27.1. The van der Waals surface area contributed by atoms with E-state index in [0.29, 0.717) is 13.1 Å². The highest BCUT2D eigenvalue weighted by atomic mass is 35.5. The van der Waals surface area contributed by atoms with E-state index >= 15 is 0 Å². The minimum Gasteiger partial charge on any atom is -0.480 e. The van der Waals surface area contributed by atoms with Crippen LogP contribution in [0.2, 0.25) is 0 Å². The Morgan fingerprint density at radius 1 is 1.23 bits per heavy atom. The summed E-state index contributed by atoms with van der Waals surface area (Å²) < 4.78 is 0. The highest BCUT2D eigenvalue weighted by Crippen LogP contribution is 2.15. The van der Waals surface area contributed by atoms with Gasteiger partial charge in [0.2, 0.25) is 5.91 Å². The molecule has 1 aliphatic heterocycles. The molecule has 0 aliphatic carbocycles. The average Bonchev–Trinajstić information content (AvgIpc) is 2.79. The van der Waals surface area contributed by atoms with E-state index in [1.165, 1.54) is 5.56 Å². The van der Waals surface area contributed by atoms with Crippen molar-refractivity contribution in [2.45, 2.75) is 38.8 Å². The molecular formula is C19H30ClN3O3. The van der Waals surface area contributed by atoms with E-state index in [-0.39, 0.29) is 30.9 Å². The number of carbonyl (C=O) groups is 2. The van der Waals surface area contributed by atoms with Crippen molar-refractivity contribution in [2.24, 2.45) is 0 Å². The summed E-state index contributed by atoms with van der Waals surface area (Å²) in [5, 5.41) is 11.9.